The number of hydrogen-bond donors (Lipinski definition) is 2. The molecule has 0 saturated heterocycles. The molecule has 0 bridgehead atoms. The lowest BCUT2D eigenvalue weighted by molar-refractivity contribution is -0.126. The lowest BCUT2D eigenvalue weighted by Crippen LogP contribution is -2.43. The number of aromatic nitrogens is 2. The molecule has 0 aliphatic heterocycles. The van der Waals surface area contributed by atoms with Gasteiger partial charge in [0, 0.05) is 30.6 Å². The third-order valence-corrected chi connectivity index (χ3v) is 5.27. The lowest BCUT2D eigenvalue weighted by atomic mass is 9.91. The van der Waals surface area contributed by atoms with Crippen molar-refractivity contribution in [2.75, 3.05) is 6.54 Å². The molecule has 1 unspecified atom stereocenters. The Hall–Kier alpha value is -1.36. The van der Waals surface area contributed by atoms with E-state index in [1.807, 2.05) is 4.68 Å². The molecule has 0 aromatic carbocycles. The third-order valence-electron chi connectivity index (χ3n) is 5.27. The van der Waals surface area contributed by atoms with Crippen LogP contribution >= 0.6 is 0 Å². The van der Waals surface area contributed by atoms with Crippen LogP contribution in [0.4, 0.5) is 0 Å². The number of nitrogens with zero attached hydrogens (tertiary/aromatic N) is 2. The summed E-state index contributed by atoms with van der Waals surface area (Å²) in [5.41, 5.74) is 8.30. The first-order valence-electron chi connectivity index (χ1n) is 8.65. The second kappa shape index (κ2) is 6.41. The summed E-state index contributed by atoms with van der Waals surface area (Å²) in [6.45, 7) is 4.92. The third kappa shape index (κ3) is 3.05. The molecule has 3 rings (SSSR count). The number of fused-ring (bicyclic) bond motifs is 1. The molecule has 5 nitrogen and oxygen atoms in total. The van der Waals surface area contributed by atoms with Crippen LogP contribution in [-0.4, -0.2) is 28.3 Å². The molecule has 2 aliphatic rings. The Morgan fingerprint density at radius 1 is 1.45 bits per heavy atom. The maximum Gasteiger partial charge on any atom is 0.223 e. The molecule has 1 aromatic rings. The Morgan fingerprint density at radius 2 is 2.27 bits per heavy atom. The molecule has 3 atom stereocenters. The summed E-state index contributed by atoms with van der Waals surface area (Å²) in [6, 6.07) is 0.622. The van der Waals surface area contributed by atoms with Gasteiger partial charge in [-0.05, 0) is 57.6 Å². The number of nitrogens with one attached hydrogen (secondary N) is 1. The van der Waals surface area contributed by atoms with Gasteiger partial charge in [-0.15, -0.1) is 0 Å². The number of hydrogen-bond acceptors (Lipinski definition) is 3. The summed E-state index contributed by atoms with van der Waals surface area (Å²) < 4.78 is 2.04. The molecule has 1 aromatic heterocycles. The van der Waals surface area contributed by atoms with Crippen molar-refractivity contribution in [1.82, 2.24) is 15.1 Å². The molecular weight excluding hydrogens is 276 g/mol. The van der Waals surface area contributed by atoms with Gasteiger partial charge in [0.25, 0.3) is 0 Å². The van der Waals surface area contributed by atoms with E-state index in [2.05, 4.69) is 30.5 Å². The van der Waals surface area contributed by atoms with Gasteiger partial charge in [0.05, 0.1) is 5.69 Å². The zero-order chi connectivity index (χ0) is 15.7. The van der Waals surface area contributed by atoms with Crippen LogP contribution in [0.3, 0.4) is 0 Å². The number of carbonyl (C=O) groups excluding carboxylic acids is 1. The van der Waals surface area contributed by atoms with Crippen molar-refractivity contribution < 1.29 is 4.79 Å². The largest absolute Gasteiger partial charge is 0.353 e. The van der Waals surface area contributed by atoms with Crippen molar-refractivity contribution in [2.24, 2.45) is 17.6 Å². The smallest absolute Gasteiger partial charge is 0.223 e. The molecule has 1 heterocycles. The van der Waals surface area contributed by atoms with E-state index in [9.17, 15) is 4.79 Å². The van der Waals surface area contributed by atoms with Crippen molar-refractivity contribution in [3.8, 4) is 0 Å². The first kappa shape index (κ1) is 15.5. The van der Waals surface area contributed by atoms with Gasteiger partial charge in [0.2, 0.25) is 5.91 Å². The van der Waals surface area contributed by atoms with Crippen molar-refractivity contribution in [2.45, 2.75) is 64.5 Å². The van der Waals surface area contributed by atoms with E-state index in [1.165, 1.54) is 5.56 Å². The quantitative estimate of drug-likeness (QED) is 0.891. The summed E-state index contributed by atoms with van der Waals surface area (Å²) in [5, 5.41) is 7.94. The van der Waals surface area contributed by atoms with Gasteiger partial charge in [-0.25, -0.2) is 0 Å². The van der Waals surface area contributed by atoms with E-state index in [1.54, 1.807) is 0 Å². The van der Waals surface area contributed by atoms with Crippen LogP contribution < -0.4 is 11.1 Å². The van der Waals surface area contributed by atoms with Crippen molar-refractivity contribution in [1.29, 1.82) is 0 Å². The van der Waals surface area contributed by atoms with Crippen LogP contribution in [0.1, 0.15) is 56.8 Å². The molecule has 1 amide bonds. The second-order valence-electron chi connectivity index (χ2n) is 7.16. The standard InChI is InChI=1S/C17H28N4O/c1-11(2)21-10-13-6-7-14(8-16(13)20-21)19-17(22)15-5-3-4-12(15)9-18/h10-12,14-15H,3-9,18H2,1-2H3,(H,19,22)/t12-,14?,15-/m1/s1. The van der Waals surface area contributed by atoms with Crippen molar-refractivity contribution in [3.05, 3.63) is 17.5 Å². The van der Waals surface area contributed by atoms with E-state index in [0.717, 1.165) is 44.2 Å². The minimum absolute atomic E-state index is 0.125. The summed E-state index contributed by atoms with van der Waals surface area (Å²) >= 11 is 0. The van der Waals surface area contributed by atoms with Crippen LogP contribution in [-0.2, 0) is 17.6 Å². The number of nitrogens with two attached hydrogens (primary N) is 1. The normalized spacial score (nSPS) is 27.9. The lowest BCUT2D eigenvalue weighted by Gasteiger charge is -2.25. The maximum absolute atomic E-state index is 12.5. The number of carbonyl (C=O) groups is 1. The second-order valence-corrected chi connectivity index (χ2v) is 7.16. The Balaban J connectivity index is 1.61. The molecule has 1 fully saturated rings. The minimum atomic E-state index is 0.125. The monoisotopic (exact) mass is 304 g/mol. The molecule has 2 aliphatic carbocycles. The van der Waals surface area contributed by atoms with E-state index in [4.69, 9.17) is 5.73 Å². The van der Waals surface area contributed by atoms with Gasteiger partial charge in [0.15, 0.2) is 0 Å². The van der Waals surface area contributed by atoms with Gasteiger partial charge < -0.3 is 11.1 Å². The fraction of sp³-hybridized carbons (Fsp3) is 0.765. The predicted molar refractivity (Wildman–Crippen MR) is 86.5 cm³/mol. The average molecular weight is 304 g/mol. The molecule has 5 heteroatoms. The van der Waals surface area contributed by atoms with Crippen molar-refractivity contribution >= 4 is 5.91 Å². The fourth-order valence-electron chi connectivity index (χ4n) is 3.87. The summed E-state index contributed by atoms with van der Waals surface area (Å²) in [4.78, 5) is 12.5. The first-order chi connectivity index (χ1) is 10.6. The highest BCUT2D eigenvalue weighted by Gasteiger charge is 2.33. The van der Waals surface area contributed by atoms with E-state index in [-0.39, 0.29) is 17.9 Å². The van der Waals surface area contributed by atoms with Gasteiger partial charge in [-0.2, -0.15) is 5.10 Å². The Labute approximate surface area is 132 Å². The van der Waals surface area contributed by atoms with E-state index >= 15 is 0 Å². The molecule has 1 saturated carbocycles. The van der Waals surface area contributed by atoms with E-state index in [0.29, 0.717) is 18.5 Å². The van der Waals surface area contributed by atoms with Crippen LogP contribution in [0.5, 0.6) is 0 Å². The van der Waals surface area contributed by atoms with Crippen LogP contribution in [0.2, 0.25) is 0 Å². The number of aryl methyl sites for hydroxylation is 1. The zero-order valence-corrected chi connectivity index (χ0v) is 13.7. The fourth-order valence-corrected chi connectivity index (χ4v) is 3.87. The minimum Gasteiger partial charge on any atom is -0.353 e. The summed E-state index contributed by atoms with van der Waals surface area (Å²) in [5.74, 6) is 0.712. The number of amides is 1. The molecule has 0 spiro atoms. The van der Waals surface area contributed by atoms with Gasteiger partial charge in [0.1, 0.15) is 0 Å². The topological polar surface area (TPSA) is 72.9 Å². The maximum atomic E-state index is 12.5. The average Bonchev–Trinajstić information content (AvgIpc) is 3.12. The first-order valence-corrected chi connectivity index (χ1v) is 8.65. The van der Waals surface area contributed by atoms with E-state index < -0.39 is 0 Å². The summed E-state index contributed by atoms with van der Waals surface area (Å²) in [7, 11) is 0. The van der Waals surface area contributed by atoms with Gasteiger partial charge >= 0.3 is 0 Å². The van der Waals surface area contributed by atoms with Crippen LogP contribution in [0.15, 0.2) is 6.20 Å². The highest BCUT2D eigenvalue weighted by atomic mass is 16.2. The van der Waals surface area contributed by atoms with Gasteiger partial charge in [-0.1, -0.05) is 6.42 Å². The molecule has 22 heavy (non-hydrogen) atoms. The predicted octanol–water partition coefficient (Wildman–Crippen LogP) is 1.81. The van der Waals surface area contributed by atoms with Crippen LogP contribution in [0, 0.1) is 11.8 Å². The Morgan fingerprint density at radius 3 is 3.00 bits per heavy atom. The number of rotatable bonds is 4. The highest BCUT2D eigenvalue weighted by molar-refractivity contribution is 5.79. The van der Waals surface area contributed by atoms with Crippen LogP contribution in [0.25, 0.3) is 0 Å². The zero-order valence-electron chi connectivity index (χ0n) is 13.7. The Bertz CT molecular complexity index is 537. The molecular formula is C17H28N4O. The highest BCUT2D eigenvalue weighted by Crippen LogP contribution is 2.31. The summed E-state index contributed by atoms with van der Waals surface area (Å²) in [6.07, 6.45) is 8.28. The van der Waals surface area contributed by atoms with Gasteiger partial charge in [-0.3, -0.25) is 9.48 Å². The molecule has 3 N–H and O–H groups in total. The molecule has 0 radical (unpaired) electrons. The SMILES string of the molecule is CC(C)n1cc2c(n1)CC(NC(=O)[C@@H]1CCC[C@@H]1CN)CC2. The van der Waals surface area contributed by atoms with Crippen molar-refractivity contribution in [3.63, 3.8) is 0 Å². The Kier molecular flexibility index (Phi) is 4.52. The molecule has 122 valence electrons.